The van der Waals surface area contributed by atoms with Gasteiger partial charge in [-0.2, -0.15) is 0 Å². The van der Waals surface area contributed by atoms with Crippen molar-refractivity contribution in [1.82, 2.24) is 0 Å². The van der Waals surface area contributed by atoms with Crippen LogP contribution < -0.4 is 0 Å². The van der Waals surface area contributed by atoms with E-state index in [2.05, 4.69) is 57.2 Å². The molecule has 1 atom stereocenters. The van der Waals surface area contributed by atoms with E-state index >= 15 is 0 Å². The Balaban J connectivity index is 4.14. The minimum atomic E-state index is -0.774. The average molecular weight is 857 g/mol. The Hall–Kier alpha value is -2.37. The maximum Gasteiger partial charge on any atom is 0.306 e. The molecule has 0 N–H and O–H groups in total. The fourth-order valence-corrected chi connectivity index (χ4v) is 7.59. The summed E-state index contributed by atoms with van der Waals surface area (Å²) in [7, 11) is 0. The van der Waals surface area contributed by atoms with Gasteiger partial charge < -0.3 is 14.2 Å². The highest BCUT2D eigenvalue weighted by atomic mass is 16.6. The lowest BCUT2D eigenvalue weighted by Gasteiger charge is -2.18. The fraction of sp³-hybridized carbons (Fsp3) is 0.836. The molecule has 1 unspecified atom stereocenters. The van der Waals surface area contributed by atoms with Gasteiger partial charge in [0.05, 0.1) is 0 Å². The third-order valence-electron chi connectivity index (χ3n) is 11.6. The van der Waals surface area contributed by atoms with Gasteiger partial charge in [0.15, 0.2) is 6.10 Å². The second-order valence-electron chi connectivity index (χ2n) is 17.8. The molecule has 0 amide bonds. The molecule has 0 saturated heterocycles. The summed E-state index contributed by atoms with van der Waals surface area (Å²) in [6.07, 6.45) is 58.7. The molecule has 0 saturated carbocycles. The minimum absolute atomic E-state index is 0.0761. The molecule has 0 aliphatic carbocycles. The molecule has 0 bridgehead atoms. The highest BCUT2D eigenvalue weighted by molar-refractivity contribution is 5.71. The lowest BCUT2D eigenvalue weighted by molar-refractivity contribution is -0.167. The Morgan fingerprint density at radius 3 is 0.984 bits per heavy atom. The molecule has 0 spiro atoms. The van der Waals surface area contributed by atoms with Crippen molar-refractivity contribution in [1.29, 1.82) is 0 Å². The number of unbranched alkanes of at least 4 members (excludes halogenated alkanes) is 31. The van der Waals surface area contributed by atoms with Gasteiger partial charge in [0, 0.05) is 19.3 Å². The maximum atomic E-state index is 12.7. The Kier molecular flexibility index (Phi) is 48.3. The summed E-state index contributed by atoms with van der Waals surface area (Å²) < 4.78 is 16.7. The molecule has 0 aliphatic rings. The molecule has 61 heavy (non-hydrogen) atoms. The van der Waals surface area contributed by atoms with Crippen LogP contribution >= 0.6 is 0 Å². The van der Waals surface area contributed by atoms with E-state index in [9.17, 15) is 14.4 Å². The number of carbonyl (C=O) groups is 3. The lowest BCUT2D eigenvalue weighted by Crippen LogP contribution is -2.30. The zero-order valence-electron chi connectivity index (χ0n) is 40.7. The van der Waals surface area contributed by atoms with Gasteiger partial charge in [-0.05, 0) is 70.6 Å². The van der Waals surface area contributed by atoms with Crippen molar-refractivity contribution in [2.75, 3.05) is 13.2 Å². The molecular formula is C55H100O6. The third-order valence-corrected chi connectivity index (χ3v) is 11.6. The van der Waals surface area contributed by atoms with Crippen molar-refractivity contribution >= 4 is 17.9 Å². The number of hydrogen-bond acceptors (Lipinski definition) is 6. The van der Waals surface area contributed by atoms with Gasteiger partial charge >= 0.3 is 17.9 Å². The Bertz CT molecular complexity index is 1030. The molecule has 0 aromatic carbocycles. The normalized spacial score (nSPS) is 12.2. The smallest absolute Gasteiger partial charge is 0.306 e. The monoisotopic (exact) mass is 857 g/mol. The third kappa shape index (κ3) is 48.5. The van der Waals surface area contributed by atoms with Gasteiger partial charge in [0.1, 0.15) is 13.2 Å². The van der Waals surface area contributed by atoms with Gasteiger partial charge in [0.2, 0.25) is 0 Å². The zero-order chi connectivity index (χ0) is 44.4. The van der Waals surface area contributed by atoms with Crippen LogP contribution in [0.5, 0.6) is 0 Å². The summed E-state index contributed by atoms with van der Waals surface area (Å²) in [5, 5.41) is 0. The SMILES string of the molecule is CCC/C=C\C/C=C\CCCCCCCC(=O)OC(COC(=O)CCCCCCCCC)COC(=O)CCCCCCCCCCCCC/C=C\CCCCCCCCCC. The molecule has 0 heterocycles. The Morgan fingerprint density at radius 1 is 0.328 bits per heavy atom. The number of carbonyl (C=O) groups excluding carboxylic acids is 3. The molecule has 0 fully saturated rings. The zero-order valence-corrected chi connectivity index (χ0v) is 40.7. The van der Waals surface area contributed by atoms with Crippen molar-refractivity contribution in [3.8, 4) is 0 Å². The largest absolute Gasteiger partial charge is 0.462 e. The van der Waals surface area contributed by atoms with Crippen LogP contribution in [0.25, 0.3) is 0 Å². The van der Waals surface area contributed by atoms with Gasteiger partial charge in [0.25, 0.3) is 0 Å². The van der Waals surface area contributed by atoms with Gasteiger partial charge in [-0.25, -0.2) is 0 Å². The number of hydrogen-bond donors (Lipinski definition) is 0. The highest BCUT2D eigenvalue weighted by Crippen LogP contribution is 2.15. The second kappa shape index (κ2) is 50.3. The molecule has 6 heteroatoms. The lowest BCUT2D eigenvalue weighted by atomic mass is 10.0. The van der Waals surface area contributed by atoms with E-state index in [1.54, 1.807) is 0 Å². The topological polar surface area (TPSA) is 78.9 Å². The molecule has 6 nitrogen and oxygen atoms in total. The van der Waals surface area contributed by atoms with E-state index in [1.807, 2.05) is 0 Å². The average Bonchev–Trinajstić information content (AvgIpc) is 3.26. The number of ether oxygens (including phenoxy) is 3. The Morgan fingerprint density at radius 2 is 0.623 bits per heavy atom. The number of rotatable bonds is 48. The summed E-state index contributed by atoms with van der Waals surface area (Å²) in [4.78, 5) is 37.8. The van der Waals surface area contributed by atoms with E-state index in [1.165, 1.54) is 148 Å². The van der Waals surface area contributed by atoms with Crippen LogP contribution in [-0.2, 0) is 28.6 Å². The predicted molar refractivity (Wildman–Crippen MR) is 261 cm³/mol. The van der Waals surface area contributed by atoms with E-state index < -0.39 is 6.10 Å². The van der Waals surface area contributed by atoms with Crippen LogP contribution in [0.3, 0.4) is 0 Å². The molecule has 0 aliphatic heterocycles. The summed E-state index contributed by atoms with van der Waals surface area (Å²) in [5.74, 6) is -0.890. The van der Waals surface area contributed by atoms with Crippen molar-refractivity contribution in [2.24, 2.45) is 0 Å². The summed E-state index contributed by atoms with van der Waals surface area (Å²) >= 11 is 0. The minimum Gasteiger partial charge on any atom is -0.462 e. The number of allylic oxidation sites excluding steroid dienone is 6. The van der Waals surface area contributed by atoms with Gasteiger partial charge in [-0.15, -0.1) is 0 Å². The standard InChI is InChI=1S/C55H100O6/c1-4-7-10-13-16-18-20-22-23-24-25-26-27-28-29-30-31-33-34-36-39-42-45-48-54(57)60-51-52(50-59-53(56)47-44-41-38-15-12-9-6-3)61-55(58)49-46-43-40-37-35-32-21-19-17-14-11-8-5-2/h11,14,19,21,24-25,52H,4-10,12-13,15-18,20,22-23,26-51H2,1-3H3/b14-11-,21-19-,25-24-. The van der Waals surface area contributed by atoms with E-state index in [0.717, 1.165) is 89.9 Å². The first kappa shape index (κ1) is 58.6. The molecule has 0 aromatic rings. The first-order valence-corrected chi connectivity index (χ1v) is 26.5. The van der Waals surface area contributed by atoms with Crippen LogP contribution in [0.4, 0.5) is 0 Å². The van der Waals surface area contributed by atoms with Gasteiger partial charge in [-0.1, -0.05) is 224 Å². The number of esters is 3. The molecule has 356 valence electrons. The summed E-state index contributed by atoms with van der Waals surface area (Å²) in [6, 6.07) is 0. The first-order chi connectivity index (χ1) is 30.0. The Labute approximate surface area is 378 Å². The summed E-state index contributed by atoms with van der Waals surface area (Å²) in [6.45, 7) is 6.54. The molecule has 0 rings (SSSR count). The fourth-order valence-electron chi connectivity index (χ4n) is 7.59. The van der Waals surface area contributed by atoms with Crippen LogP contribution in [0.1, 0.15) is 278 Å². The molecule has 0 aromatic heterocycles. The maximum absolute atomic E-state index is 12.7. The van der Waals surface area contributed by atoms with Crippen LogP contribution in [0, 0.1) is 0 Å². The van der Waals surface area contributed by atoms with Crippen molar-refractivity contribution in [3.63, 3.8) is 0 Å². The van der Waals surface area contributed by atoms with Crippen LogP contribution in [0.2, 0.25) is 0 Å². The van der Waals surface area contributed by atoms with Crippen molar-refractivity contribution in [3.05, 3.63) is 36.5 Å². The predicted octanol–water partition coefficient (Wildman–Crippen LogP) is 17.3. The van der Waals surface area contributed by atoms with E-state index in [-0.39, 0.29) is 31.1 Å². The molecular weight excluding hydrogens is 757 g/mol. The van der Waals surface area contributed by atoms with Crippen LogP contribution in [-0.4, -0.2) is 37.2 Å². The van der Waals surface area contributed by atoms with E-state index in [0.29, 0.717) is 19.3 Å². The second-order valence-corrected chi connectivity index (χ2v) is 17.8. The summed E-state index contributed by atoms with van der Waals surface area (Å²) in [5.41, 5.74) is 0. The highest BCUT2D eigenvalue weighted by Gasteiger charge is 2.19. The van der Waals surface area contributed by atoms with Gasteiger partial charge in [-0.3, -0.25) is 14.4 Å². The van der Waals surface area contributed by atoms with Crippen molar-refractivity contribution < 1.29 is 28.6 Å². The van der Waals surface area contributed by atoms with E-state index in [4.69, 9.17) is 14.2 Å². The first-order valence-electron chi connectivity index (χ1n) is 26.5. The van der Waals surface area contributed by atoms with Crippen molar-refractivity contribution in [2.45, 2.75) is 284 Å². The molecule has 0 radical (unpaired) electrons. The quantitative estimate of drug-likeness (QED) is 0.0262. The van der Waals surface area contributed by atoms with Crippen LogP contribution in [0.15, 0.2) is 36.5 Å².